The van der Waals surface area contributed by atoms with E-state index in [1.165, 1.54) is 4.90 Å². The summed E-state index contributed by atoms with van der Waals surface area (Å²) < 4.78 is 0. The molecule has 0 aliphatic heterocycles. The fourth-order valence-corrected chi connectivity index (χ4v) is 2.04. The lowest BCUT2D eigenvalue weighted by Crippen LogP contribution is -2.30. The van der Waals surface area contributed by atoms with E-state index in [-0.39, 0.29) is 18.9 Å². The molecule has 2 aromatic rings. The highest BCUT2D eigenvalue weighted by atomic mass is 35.5. The number of likely N-dealkylation sites (N-methyl/N-ethyl adjacent to an activating group) is 1. The van der Waals surface area contributed by atoms with Gasteiger partial charge in [0.05, 0.1) is 29.3 Å². The monoisotopic (exact) mass is 278 g/mol. The molecule has 0 aliphatic rings. The van der Waals surface area contributed by atoms with Crippen molar-refractivity contribution in [3.05, 3.63) is 41.0 Å². The Morgan fingerprint density at radius 1 is 1.37 bits per heavy atom. The molecule has 0 radical (unpaired) electrons. The maximum absolute atomic E-state index is 11.9. The first-order valence-corrected chi connectivity index (χ1v) is 6.38. The van der Waals surface area contributed by atoms with Gasteiger partial charge in [-0.25, -0.2) is 0 Å². The van der Waals surface area contributed by atoms with Crippen molar-refractivity contribution < 1.29 is 9.90 Å². The number of amides is 1. The summed E-state index contributed by atoms with van der Waals surface area (Å²) in [6.07, 6.45) is 0.206. The molecule has 1 aromatic carbocycles. The van der Waals surface area contributed by atoms with Crippen LogP contribution < -0.4 is 0 Å². The van der Waals surface area contributed by atoms with Crippen molar-refractivity contribution in [2.75, 3.05) is 20.2 Å². The summed E-state index contributed by atoms with van der Waals surface area (Å²) in [5.41, 5.74) is 1.38. The predicted octanol–water partition coefficient (Wildman–Crippen LogP) is 1.88. The van der Waals surface area contributed by atoms with Crippen LogP contribution in [0.1, 0.15) is 5.69 Å². The molecule has 0 atom stereocenters. The lowest BCUT2D eigenvalue weighted by atomic mass is 10.1. The van der Waals surface area contributed by atoms with Gasteiger partial charge >= 0.3 is 0 Å². The second kappa shape index (κ2) is 5.99. The Kier molecular flexibility index (Phi) is 4.35. The minimum Gasteiger partial charge on any atom is -0.395 e. The Labute approximate surface area is 116 Å². The van der Waals surface area contributed by atoms with E-state index in [9.17, 15) is 4.79 Å². The number of aromatic nitrogens is 1. The number of nitrogens with zero attached hydrogens (tertiary/aromatic N) is 2. The summed E-state index contributed by atoms with van der Waals surface area (Å²) in [6.45, 7) is 0.284. The molecule has 0 bridgehead atoms. The van der Waals surface area contributed by atoms with Gasteiger partial charge in [-0.3, -0.25) is 9.78 Å². The molecule has 0 spiro atoms. The summed E-state index contributed by atoms with van der Waals surface area (Å²) in [7, 11) is 1.66. The first-order valence-electron chi connectivity index (χ1n) is 6.01. The summed E-state index contributed by atoms with van der Waals surface area (Å²) in [4.78, 5) is 17.8. The summed E-state index contributed by atoms with van der Waals surface area (Å²) in [5.74, 6) is -0.0760. The average molecular weight is 279 g/mol. The molecule has 19 heavy (non-hydrogen) atoms. The SMILES string of the molecule is CN(CCO)C(=O)Cc1ccc2cccc(Cl)c2n1. The number of rotatable bonds is 4. The smallest absolute Gasteiger partial charge is 0.228 e. The third-order valence-electron chi connectivity index (χ3n) is 2.92. The Hall–Kier alpha value is -1.65. The van der Waals surface area contributed by atoms with Crippen molar-refractivity contribution in [1.29, 1.82) is 0 Å². The first kappa shape index (κ1) is 13.8. The van der Waals surface area contributed by atoms with Crippen LogP contribution in [-0.4, -0.2) is 41.1 Å². The standard InChI is InChI=1S/C14H15ClN2O2/c1-17(7-8-18)13(19)9-11-6-5-10-3-2-4-12(15)14(10)16-11/h2-6,18H,7-9H2,1H3. The van der Waals surface area contributed by atoms with Gasteiger partial charge in [-0.15, -0.1) is 0 Å². The molecule has 1 aromatic heterocycles. The molecule has 100 valence electrons. The van der Waals surface area contributed by atoms with Crippen molar-refractivity contribution in [1.82, 2.24) is 9.88 Å². The van der Waals surface area contributed by atoms with E-state index < -0.39 is 0 Å². The van der Waals surface area contributed by atoms with Gasteiger partial charge in [0.1, 0.15) is 0 Å². The summed E-state index contributed by atoms with van der Waals surface area (Å²) in [5, 5.41) is 10.3. The van der Waals surface area contributed by atoms with Crippen LogP contribution in [0.4, 0.5) is 0 Å². The van der Waals surface area contributed by atoms with Crippen LogP contribution in [0.25, 0.3) is 10.9 Å². The van der Waals surface area contributed by atoms with E-state index in [0.29, 0.717) is 22.8 Å². The molecular formula is C14H15ClN2O2. The number of aliphatic hydroxyl groups is 1. The zero-order valence-corrected chi connectivity index (χ0v) is 11.4. The van der Waals surface area contributed by atoms with Crippen molar-refractivity contribution in [3.8, 4) is 0 Å². The molecular weight excluding hydrogens is 264 g/mol. The quantitative estimate of drug-likeness (QED) is 0.929. The van der Waals surface area contributed by atoms with Crippen LogP contribution in [0.15, 0.2) is 30.3 Å². The fourth-order valence-electron chi connectivity index (χ4n) is 1.81. The van der Waals surface area contributed by atoms with E-state index in [1.54, 1.807) is 13.1 Å². The molecule has 5 heteroatoms. The fraction of sp³-hybridized carbons (Fsp3) is 0.286. The number of fused-ring (bicyclic) bond motifs is 1. The Bertz CT molecular complexity index is 601. The van der Waals surface area contributed by atoms with E-state index in [2.05, 4.69) is 4.98 Å². The number of aliphatic hydroxyl groups excluding tert-OH is 1. The number of carbonyl (C=O) groups excluding carboxylic acids is 1. The van der Waals surface area contributed by atoms with Crippen molar-refractivity contribution in [2.45, 2.75) is 6.42 Å². The van der Waals surface area contributed by atoms with E-state index in [4.69, 9.17) is 16.7 Å². The van der Waals surface area contributed by atoms with Crippen LogP contribution in [0.5, 0.6) is 0 Å². The van der Waals surface area contributed by atoms with Gasteiger partial charge in [-0.1, -0.05) is 29.8 Å². The molecule has 0 unspecified atom stereocenters. The van der Waals surface area contributed by atoms with E-state index >= 15 is 0 Å². The molecule has 0 saturated carbocycles. The highest BCUT2D eigenvalue weighted by Gasteiger charge is 2.11. The van der Waals surface area contributed by atoms with Gasteiger partial charge < -0.3 is 10.0 Å². The molecule has 0 fully saturated rings. The van der Waals surface area contributed by atoms with Gasteiger partial charge in [0.25, 0.3) is 0 Å². The van der Waals surface area contributed by atoms with E-state index in [1.807, 2.05) is 24.3 Å². The largest absolute Gasteiger partial charge is 0.395 e. The maximum Gasteiger partial charge on any atom is 0.228 e. The molecule has 1 heterocycles. The lowest BCUT2D eigenvalue weighted by molar-refractivity contribution is -0.129. The third-order valence-corrected chi connectivity index (χ3v) is 3.23. The van der Waals surface area contributed by atoms with Crippen LogP contribution in [0.2, 0.25) is 5.02 Å². The zero-order chi connectivity index (χ0) is 13.8. The predicted molar refractivity (Wildman–Crippen MR) is 75.2 cm³/mol. The lowest BCUT2D eigenvalue weighted by Gasteiger charge is -2.15. The van der Waals surface area contributed by atoms with Crippen molar-refractivity contribution in [2.24, 2.45) is 0 Å². The van der Waals surface area contributed by atoms with Crippen LogP contribution in [0, 0.1) is 0 Å². The number of benzene rings is 1. The van der Waals surface area contributed by atoms with Crippen molar-refractivity contribution in [3.63, 3.8) is 0 Å². The number of carbonyl (C=O) groups is 1. The summed E-state index contributed by atoms with van der Waals surface area (Å²) in [6, 6.07) is 9.30. The second-order valence-electron chi connectivity index (χ2n) is 4.33. The number of pyridine rings is 1. The van der Waals surface area contributed by atoms with Gasteiger partial charge in [-0.05, 0) is 12.1 Å². The van der Waals surface area contributed by atoms with Gasteiger partial charge in [-0.2, -0.15) is 0 Å². The second-order valence-corrected chi connectivity index (χ2v) is 4.74. The van der Waals surface area contributed by atoms with E-state index in [0.717, 1.165) is 5.39 Å². The molecule has 4 nitrogen and oxygen atoms in total. The summed E-state index contributed by atoms with van der Waals surface area (Å²) >= 11 is 6.09. The normalized spacial score (nSPS) is 10.7. The topological polar surface area (TPSA) is 53.4 Å². The molecule has 1 amide bonds. The number of para-hydroxylation sites is 1. The maximum atomic E-state index is 11.9. The van der Waals surface area contributed by atoms with Crippen molar-refractivity contribution >= 4 is 28.4 Å². The Balaban J connectivity index is 2.22. The molecule has 0 aliphatic carbocycles. The highest BCUT2D eigenvalue weighted by molar-refractivity contribution is 6.35. The highest BCUT2D eigenvalue weighted by Crippen LogP contribution is 2.21. The van der Waals surface area contributed by atoms with Gasteiger partial charge in [0.2, 0.25) is 5.91 Å². The molecule has 0 saturated heterocycles. The third kappa shape index (κ3) is 3.22. The zero-order valence-electron chi connectivity index (χ0n) is 10.6. The number of halogens is 1. The first-order chi connectivity index (χ1) is 9.11. The number of hydrogen-bond donors (Lipinski definition) is 1. The van der Waals surface area contributed by atoms with Gasteiger partial charge in [0, 0.05) is 19.0 Å². The minimum atomic E-state index is -0.0760. The van der Waals surface area contributed by atoms with Crippen LogP contribution >= 0.6 is 11.6 Å². The Morgan fingerprint density at radius 2 is 2.16 bits per heavy atom. The average Bonchev–Trinajstić information content (AvgIpc) is 2.40. The van der Waals surface area contributed by atoms with Crippen LogP contribution in [0.3, 0.4) is 0 Å². The molecule has 1 N–H and O–H groups in total. The molecule has 2 rings (SSSR count). The Morgan fingerprint density at radius 3 is 2.89 bits per heavy atom. The minimum absolute atomic E-state index is 0.0424. The van der Waals surface area contributed by atoms with Crippen LogP contribution in [-0.2, 0) is 11.2 Å². The number of hydrogen-bond acceptors (Lipinski definition) is 3. The van der Waals surface area contributed by atoms with Gasteiger partial charge in [0.15, 0.2) is 0 Å².